The van der Waals surface area contributed by atoms with Crippen molar-refractivity contribution < 1.29 is 24.0 Å². The van der Waals surface area contributed by atoms with Crippen LogP contribution in [0.3, 0.4) is 0 Å². The Morgan fingerprint density at radius 1 is 0.895 bits per heavy atom. The summed E-state index contributed by atoms with van der Waals surface area (Å²) in [5.41, 5.74) is 7.61. The number of hydrogen-bond acceptors (Lipinski definition) is 6. The molecule has 0 aliphatic heterocycles. The molecule has 0 bridgehead atoms. The van der Waals surface area contributed by atoms with Crippen LogP contribution in [0.15, 0.2) is 0 Å². The average Bonchev–Trinajstić information content (AvgIpc) is 2.18. The molecule has 0 heterocycles. The summed E-state index contributed by atoms with van der Waals surface area (Å²) in [7, 11) is 0. The predicted molar refractivity (Wildman–Crippen MR) is 81.1 cm³/mol. The Morgan fingerprint density at radius 3 is 1.16 bits per heavy atom. The van der Waals surface area contributed by atoms with E-state index in [0.717, 1.165) is 13.8 Å². The van der Waals surface area contributed by atoms with Gasteiger partial charge in [-0.15, -0.1) is 0 Å². The standard InChI is InChI=1S/C5H6N2O2.C5H8O2.S2.H2S/c1-3(8)5(7-6)4(2)9;1-4(6)3-5(2)7;1-2;/h1-2H3;3H2,1-2H3;;1H2. The van der Waals surface area contributed by atoms with E-state index >= 15 is 0 Å². The molecule has 108 valence electrons. The minimum atomic E-state index is -0.523. The van der Waals surface area contributed by atoms with Crippen molar-refractivity contribution in [3.63, 3.8) is 0 Å². The number of carbonyl (C=O) groups is 4. The van der Waals surface area contributed by atoms with Gasteiger partial charge < -0.3 is 5.53 Å². The molecule has 0 rings (SSSR count). The Labute approximate surface area is 128 Å². The maximum absolute atomic E-state index is 10.3. The molecule has 0 saturated carbocycles. The van der Waals surface area contributed by atoms with Gasteiger partial charge >= 0.3 is 5.71 Å². The lowest BCUT2D eigenvalue weighted by Crippen LogP contribution is -2.19. The molecular weight excluding hydrogens is 308 g/mol. The molecule has 0 unspecified atom stereocenters. The van der Waals surface area contributed by atoms with Crippen molar-refractivity contribution in [3.8, 4) is 0 Å². The molecule has 0 radical (unpaired) electrons. The molecule has 0 aromatic carbocycles. The molecule has 0 saturated heterocycles. The van der Waals surface area contributed by atoms with E-state index in [4.69, 9.17) is 5.53 Å². The summed E-state index contributed by atoms with van der Waals surface area (Å²) in [6.07, 6.45) is 0.0833. The van der Waals surface area contributed by atoms with Crippen LogP contribution in [0.25, 0.3) is 5.53 Å². The first-order valence-corrected chi connectivity index (χ1v) is 5.95. The first kappa shape index (κ1) is 26.4. The van der Waals surface area contributed by atoms with Crippen molar-refractivity contribution >= 4 is 64.7 Å². The van der Waals surface area contributed by atoms with Crippen molar-refractivity contribution in [3.05, 3.63) is 5.53 Å². The topological polar surface area (TPSA) is 105 Å². The normalized spacial score (nSPS) is 6.95. The molecule has 0 aromatic heterocycles. The molecule has 0 atom stereocenters. The minimum absolute atomic E-state index is 0. The largest absolute Gasteiger partial charge is 0.399 e. The molecule has 0 fully saturated rings. The van der Waals surface area contributed by atoms with Crippen LogP contribution < -0.4 is 0 Å². The zero-order valence-electron chi connectivity index (χ0n) is 11.1. The van der Waals surface area contributed by atoms with E-state index < -0.39 is 17.3 Å². The van der Waals surface area contributed by atoms with Crippen LogP contribution in [-0.2, 0) is 41.6 Å². The van der Waals surface area contributed by atoms with Gasteiger partial charge in [0.15, 0.2) is 0 Å². The third kappa shape index (κ3) is 22.5. The highest BCUT2D eigenvalue weighted by atomic mass is 32.8. The first-order valence-electron chi connectivity index (χ1n) is 4.61. The molecule has 0 N–H and O–H groups in total. The van der Waals surface area contributed by atoms with Gasteiger partial charge in [0.05, 0.1) is 6.42 Å². The summed E-state index contributed by atoms with van der Waals surface area (Å²) >= 11 is 7.33. The van der Waals surface area contributed by atoms with E-state index in [1.807, 2.05) is 0 Å². The van der Waals surface area contributed by atoms with Crippen molar-refractivity contribution in [2.45, 2.75) is 34.1 Å². The molecule has 19 heavy (non-hydrogen) atoms. The second-order valence-corrected chi connectivity index (χ2v) is 3.14. The van der Waals surface area contributed by atoms with Gasteiger partial charge in [-0.2, -0.15) is 18.3 Å². The smallest absolute Gasteiger partial charge is 0.360 e. The molecule has 0 aliphatic rings. The Kier molecular flexibility index (Phi) is 23.4. The second-order valence-electron chi connectivity index (χ2n) is 3.14. The molecule has 0 amide bonds. The fourth-order valence-electron chi connectivity index (χ4n) is 0.739. The van der Waals surface area contributed by atoms with Gasteiger partial charge in [-0.05, 0) is 13.8 Å². The fourth-order valence-corrected chi connectivity index (χ4v) is 0.739. The van der Waals surface area contributed by atoms with Gasteiger partial charge in [0.2, 0.25) is 11.6 Å². The van der Waals surface area contributed by atoms with E-state index in [1.54, 1.807) is 0 Å². The van der Waals surface area contributed by atoms with Gasteiger partial charge in [-0.25, -0.2) is 0 Å². The third-order valence-electron chi connectivity index (χ3n) is 1.26. The average molecular weight is 324 g/mol. The van der Waals surface area contributed by atoms with Crippen LogP contribution >= 0.6 is 13.5 Å². The van der Waals surface area contributed by atoms with Gasteiger partial charge in [-0.3, -0.25) is 19.2 Å². The summed E-state index contributed by atoms with van der Waals surface area (Å²) in [6, 6.07) is 0. The number of carbonyl (C=O) groups excluding carboxylic acids is 4. The highest BCUT2D eigenvalue weighted by Crippen LogP contribution is 1.80. The Bertz CT molecular complexity index is 362. The third-order valence-corrected chi connectivity index (χ3v) is 1.26. The summed E-state index contributed by atoms with van der Waals surface area (Å²) in [5, 5.41) is 0. The highest BCUT2D eigenvalue weighted by molar-refractivity contribution is 8.07. The number of rotatable bonds is 4. The van der Waals surface area contributed by atoms with E-state index in [0.29, 0.717) is 0 Å². The summed E-state index contributed by atoms with van der Waals surface area (Å²) < 4.78 is 0. The maximum Gasteiger partial charge on any atom is 0.399 e. The van der Waals surface area contributed by atoms with E-state index in [9.17, 15) is 19.2 Å². The van der Waals surface area contributed by atoms with Gasteiger partial charge in [-0.1, -0.05) is 0 Å². The predicted octanol–water partition coefficient (Wildman–Crippen LogP) is 0.498. The van der Waals surface area contributed by atoms with Crippen molar-refractivity contribution in [1.29, 1.82) is 0 Å². The summed E-state index contributed by atoms with van der Waals surface area (Å²) in [5.74, 6) is -1.17. The first-order chi connectivity index (χ1) is 8.22. The van der Waals surface area contributed by atoms with E-state index in [1.165, 1.54) is 13.8 Å². The Balaban J connectivity index is -0.000000102. The summed E-state index contributed by atoms with van der Waals surface area (Å²) in [4.78, 5) is 43.2. The van der Waals surface area contributed by atoms with Gasteiger partial charge in [0.1, 0.15) is 11.6 Å². The van der Waals surface area contributed by atoms with Crippen LogP contribution in [0.1, 0.15) is 34.1 Å². The van der Waals surface area contributed by atoms with Crippen LogP contribution in [-0.4, -0.2) is 33.6 Å². The maximum atomic E-state index is 10.3. The van der Waals surface area contributed by atoms with Gasteiger partial charge in [0.25, 0.3) is 0 Å². The zero-order valence-corrected chi connectivity index (χ0v) is 13.7. The lowest BCUT2D eigenvalue weighted by atomic mass is 10.2. The molecule has 6 nitrogen and oxygen atoms in total. The zero-order chi connectivity index (χ0) is 15.3. The van der Waals surface area contributed by atoms with Crippen LogP contribution in [0.2, 0.25) is 0 Å². The van der Waals surface area contributed by atoms with E-state index in [-0.39, 0.29) is 31.5 Å². The lowest BCUT2D eigenvalue weighted by molar-refractivity contribution is -0.125. The minimum Gasteiger partial charge on any atom is -0.360 e. The van der Waals surface area contributed by atoms with Crippen molar-refractivity contribution in [1.82, 2.24) is 0 Å². The van der Waals surface area contributed by atoms with Crippen LogP contribution in [0.5, 0.6) is 0 Å². The highest BCUT2D eigenvalue weighted by Gasteiger charge is 2.19. The Hall–Kier alpha value is -1.15. The molecule has 0 aromatic rings. The Morgan fingerprint density at radius 2 is 1.16 bits per heavy atom. The number of Topliss-reactive ketones (excluding diaryl/α,β-unsaturated/α-hetero) is 4. The fraction of sp³-hybridized carbons (Fsp3) is 0.500. The molecule has 9 heteroatoms. The van der Waals surface area contributed by atoms with Crippen molar-refractivity contribution in [2.24, 2.45) is 0 Å². The SMILES string of the molecule is CC(=O)C(=[N+]=[N-])C(C)=O.CC(=O)CC(C)=O.S.S=S. The number of ketones is 4. The lowest BCUT2D eigenvalue weighted by Gasteiger charge is -1.81. The quantitative estimate of drug-likeness (QED) is 0.323. The van der Waals surface area contributed by atoms with Crippen LogP contribution in [0.4, 0.5) is 0 Å². The monoisotopic (exact) mass is 324 g/mol. The summed E-state index contributed by atoms with van der Waals surface area (Å²) in [6.45, 7) is 5.13. The molecule has 0 aliphatic carbocycles. The van der Waals surface area contributed by atoms with Gasteiger partial charge in [0, 0.05) is 36.2 Å². The number of hydrogen-bond donors (Lipinski definition) is 0. The molecule has 0 spiro atoms. The second kappa shape index (κ2) is 16.9. The van der Waals surface area contributed by atoms with E-state index in [2.05, 4.69) is 27.2 Å². The molecular formula is C10H16N2O4S3. The number of nitrogens with zero attached hydrogens (tertiary/aromatic N) is 2. The van der Waals surface area contributed by atoms with Crippen molar-refractivity contribution in [2.75, 3.05) is 0 Å². The van der Waals surface area contributed by atoms with Crippen LogP contribution in [0, 0.1) is 0 Å².